The topological polar surface area (TPSA) is 57.2 Å². The first-order chi connectivity index (χ1) is 8.76. The van der Waals surface area contributed by atoms with E-state index in [-0.39, 0.29) is 12.1 Å². The maximum Gasteiger partial charge on any atom is 0.307 e. The minimum absolute atomic E-state index is 0.208. The highest BCUT2D eigenvalue weighted by molar-refractivity contribution is 5.69. The van der Waals surface area contributed by atoms with Crippen LogP contribution in [0.25, 0.3) is 0 Å². The zero-order chi connectivity index (χ0) is 13.2. The molecule has 0 N–H and O–H groups in total. The molecule has 0 bridgehead atoms. The molecule has 0 spiro atoms. The number of carbonyl (C=O) groups is 1. The van der Waals surface area contributed by atoms with E-state index in [0.29, 0.717) is 19.6 Å². The van der Waals surface area contributed by atoms with Crippen molar-refractivity contribution >= 4 is 5.97 Å². The molecule has 18 heavy (non-hydrogen) atoms. The van der Waals surface area contributed by atoms with Crippen LogP contribution in [-0.2, 0) is 23.7 Å². The molecule has 1 fully saturated rings. The summed E-state index contributed by atoms with van der Waals surface area (Å²) in [6.45, 7) is 4.68. The molecule has 0 radical (unpaired) electrons. The number of morpholine rings is 1. The van der Waals surface area contributed by atoms with E-state index in [9.17, 15) is 4.79 Å². The second kappa shape index (κ2) is 9.27. The Morgan fingerprint density at radius 1 is 1.22 bits per heavy atom. The van der Waals surface area contributed by atoms with Gasteiger partial charge in [-0.2, -0.15) is 0 Å². The van der Waals surface area contributed by atoms with Gasteiger partial charge in [0.15, 0.2) is 0 Å². The molecule has 1 rings (SSSR count). The summed E-state index contributed by atoms with van der Waals surface area (Å²) >= 11 is 0. The van der Waals surface area contributed by atoms with Gasteiger partial charge in [0.25, 0.3) is 0 Å². The number of hydrogen-bond donors (Lipinski definition) is 0. The first kappa shape index (κ1) is 15.4. The van der Waals surface area contributed by atoms with Crippen molar-refractivity contribution < 1.29 is 23.7 Å². The quantitative estimate of drug-likeness (QED) is 0.569. The normalized spacial score (nSPS) is 17.1. The molecule has 6 heteroatoms. The lowest BCUT2D eigenvalue weighted by Gasteiger charge is -2.26. The summed E-state index contributed by atoms with van der Waals surface area (Å²) < 4.78 is 20.5. The molecular formula is C12H23NO5. The van der Waals surface area contributed by atoms with Gasteiger partial charge in [-0.1, -0.05) is 0 Å². The van der Waals surface area contributed by atoms with Crippen molar-refractivity contribution in [1.29, 1.82) is 0 Å². The average Bonchev–Trinajstić information content (AvgIpc) is 2.38. The summed E-state index contributed by atoms with van der Waals surface area (Å²) in [4.78, 5) is 13.9. The number of hydrogen-bond acceptors (Lipinski definition) is 6. The highest BCUT2D eigenvalue weighted by Gasteiger charge is 2.16. The Morgan fingerprint density at radius 2 is 1.83 bits per heavy atom. The monoisotopic (exact) mass is 261 g/mol. The Kier molecular flexibility index (Phi) is 7.91. The van der Waals surface area contributed by atoms with Gasteiger partial charge in [0.1, 0.15) is 6.10 Å². The van der Waals surface area contributed by atoms with E-state index in [0.717, 1.165) is 32.8 Å². The Labute approximate surface area is 108 Å². The van der Waals surface area contributed by atoms with Crippen LogP contribution < -0.4 is 0 Å². The van der Waals surface area contributed by atoms with E-state index in [1.54, 1.807) is 14.2 Å². The number of esters is 1. The zero-order valence-electron chi connectivity index (χ0n) is 11.2. The first-order valence-corrected chi connectivity index (χ1v) is 6.23. The third kappa shape index (κ3) is 6.30. The third-order valence-electron chi connectivity index (χ3n) is 2.74. The average molecular weight is 261 g/mol. The molecule has 0 saturated carbocycles. The highest BCUT2D eigenvalue weighted by Crippen LogP contribution is 2.01. The maximum atomic E-state index is 11.7. The van der Waals surface area contributed by atoms with Gasteiger partial charge in [-0.05, 0) is 0 Å². The summed E-state index contributed by atoms with van der Waals surface area (Å²) in [5.74, 6) is -0.208. The molecule has 1 heterocycles. The van der Waals surface area contributed by atoms with Crippen molar-refractivity contribution in [2.24, 2.45) is 0 Å². The van der Waals surface area contributed by atoms with Gasteiger partial charge in [-0.3, -0.25) is 9.69 Å². The molecule has 0 aliphatic carbocycles. The first-order valence-electron chi connectivity index (χ1n) is 6.23. The summed E-state index contributed by atoms with van der Waals surface area (Å²) in [5, 5.41) is 0. The lowest BCUT2D eigenvalue weighted by molar-refractivity contribution is -0.155. The minimum Gasteiger partial charge on any atom is -0.457 e. The predicted molar refractivity (Wildman–Crippen MR) is 65.5 cm³/mol. The molecule has 0 aromatic carbocycles. The molecule has 0 atom stereocenters. The number of methoxy groups -OCH3 is 2. The van der Waals surface area contributed by atoms with Crippen molar-refractivity contribution in [3.8, 4) is 0 Å². The molecule has 106 valence electrons. The maximum absolute atomic E-state index is 11.7. The number of rotatable bonds is 8. The lowest BCUT2D eigenvalue weighted by Crippen LogP contribution is -2.38. The summed E-state index contributed by atoms with van der Waals surface area (Å²) in [6.07, 6.45) is 0.0707. The summed E-state index contributed by atoms with van der Waals surface area (Å²) in [6, 6.07) is 0. The zero-order valence-corrected chi connectivity index (χ0v) is 11.2. The van der Waals surface area contributed by atoms with Crippen LogP contribution in [0.1, 0.15) is 6.42 Å². The fourth-order valence-corrected chi connectivity index (χ4v) is 1.81. The Morgan fingerprint density at radius 3 is 2.39 bits per heavy atom. The minimum atomic E-state index is -0.322. The number of ether oxygens (including phenoxy) is 4. The number of carbonyl (C=O) groups excluding carboxylic acids is 1. The van der Waals surface area contributed by atoms with Crippen molar-refractivity contribution in [2.45, 2.75) is 12.5 Å². The summed E-state index contributed by atoms with van der Waals surface area (Å²) in [7, 11) is 3.15. The van der Waals surface area contributed by atoms with Crippen LogP contribution in [0, 0.1) is 0 Å². The Bertz CT molecular complexity index is 225. The van der Waals surface area contributed by atoms with Crippen LogP contribution in [-0.4, -0.2) is 77.3 Å². The fraction of sp³-hybridized carbons (Fsp3) is 0.917. The van der Waals surface area contributed by atoms with E-state index >= 15 is 0 Å². The number of nitrogens with zero attached hydrogens (tertiary/aromatic N) is 1. The second-order valence-electron chi connectivity index (χ2n) is 4.23. The van der Waals surface area contributed by atoms with Crippen molar-refractivity contribution in [2.75, 3.05) is 60.3 Å². The fourth-order valence-electron chi connectivity index (χ4n) is 1.81. The molecule has 0 unspecified atom stereocenters. The molecule has 0 aromatic rings. The van der Waals surface area contributed by atoms with Crippen molar-refractivity contribution in [3.63, 3.8) is 0 Å². The Hall–Kier alpha value is -0.690. The smallest absolute Gasteiger partial charge is 0.307 e. The molecule has 1 aliphatic heterocycles. The van der Waals surface area contributed by atoms with Crippen LogP contribution in [0.5, 0.6) is 0 Å². The largest absolute Gasteiger partial charge is 0.457 e. The van der Waals surface area contributed by atoms with Gasteiger partial charge in [0, 0.05) is 33.9 Å². The SMILES string of the molecule is COCC(COC)OC(=O)CCN1CCOCC1. The molecule has 1 saturated heterocycles. The molecular weight excluding hydrogens is 238 g/mol. The van der Waals surface area contributed by atoms with E-state index in [1.807, 2.05) is 0 Å². The van der Waals surface area contributed by atoms with Crippen LogP contribution in [0.15, 0.2) is 0 Å². The van der Waals surface area contributed by atoms with Crippen molar-refractivity contribution in [3.05, 3.63) is 0 Å². The van der Waals surface area contributed by atoms with Crippen LogP contribution in [0.2, 0.25) is 0 Å². The van der Waals surface area contributed by atoms with Gasteiger partial charge in [0.2, 0.25) is 0 Å². The standard InChI is InChI=1S/C12H23NO5/c1-15-9-11(10-16-2)18-12(14)3-4-13-5-7-17-8-6-13/h11H,3-10H2,1-2H3. The Balaban J connectivity index is 2.17. The lowest BCUT2D eigenvalue weighted by atomic mass is 10.3. The van der Waals surface area contributed by atoms with Crippen LogP contribution in [0.3, 0.4) is 0 Å². The van der Waals surface area contributed by atoms with E-state index in [4.69, 9.17) is 18.9 Å². The highest BCUT2D eigenvalue weighted by atomic mass is 16.6. The van der Waals surface area contributed by atoms with Gasteiger partial charge in [-0.15, -0.1) is 0 Å². The van der Waals surface area contributed by atoms with Gasteiger partial charge in [0.05, 0.1) is 32.8 Å². The summed E-state index contributed by atoms with van der Waals surface area (Å²) in [5.41, 5.74) is 0. The third-order valence-corrected chi connectivity index (χ3v) is 2.74. The van der Waals surface area contributed by atoms with E-state index in [1.165, 1.54) is 0 Å². The van der Waals surface area contributed by atoms with Gasteiger partial charge in [-0.25, -0.2) is 0 Å². The predicted octanol–water partition coefficient (Wildman–Crippen LogP) is -0.0867. The van der Waals surface area contributed by atoms with Crippen LogP contribution >= 0.6 is 0 Å². The molecule has 0 amide bonds. The van der Waals surface area contributed by atoms with Crippen LogP contribution in [0.4, 0.5) is 0 Å². The van der Waals surface area contributed by atoms with E-state index in [2.05, 4.69) is 4.90 Å². The van der Waals surface area contributed by atoms with Gasteiger partial charge >= 0.3 is 5.97 Å². The molecule has 1 aliphatic rings. The second-order valence-corrected chi connectivity index (χ2v) is 4.23. The molecule has 6 nitrogen and oxygen atoms in total. The van der Waals surface area contributed by atoms with Crippen molar-refractivity contribution in [1.82, 2.24) is 4.90 Å². The van der Waals surface area contributed by atoms with E-state index < -0.39 is 0 Å². The molecule has 0 aromatic heterocycles. The van der Waals surface area contributed by atoms with Gasteiger partial charge < -0.3 is 18.9 Å².